The molecule has 0 aliphatic heterocycles. The van der Waals surface area contributed by atoms with E-state index in [0.29, 0.717) is 24.8 Å². The van der Waals surface area contributed by atoms with Crippen LogP contribution < -0.4 is 15.4 Å². The van der Waals surface area contributed by atoms with E-state index in [1.165, 1.54) is 0 Å². The lowest BCUT2D eigenvalue weighted by Crippen LogP contribution is -2.43. The van der Waals surface area contributed by atoms with Crippen LogP contribution in [0.25, 0.3) is 0 Å². The third-order valence-electron chi connectivity index (χ3n) is 2.88. The van der Waals surface area contributed by atoms with Gasteiger partial charge in [0, 0.05) is 30.3 Å². The number of rotatable bonds is 8. The molecule has 0 heterocycles. The fourth-order valence-electron chi connectivity index (χ4n) is 1.96. The molecule has 0 bridgehead atoms. The van der Waals surface area contributed by atoms with Crippen molar-refractivity contribution < 1.29 is 9.47 Å². The summed E-state index contributed by atoms with van der Waals surface area (Å²) in [5.74, 6) is 1.53. The van der Waals surface area contributed by atoms with Crippen LogP contribution in [0.1, 0.15) is 26.3 Å². The first-order valence-electron chi connectivity index (χ1n) is 7.55. The minimum Gasteiger partial charge on any atom is -0.493 e. The third-order valence-corrected chi connectivity index (χ3v) is 3.12. The van der Waals surface area contributed by atoms with Crippen molar-refractivity contribution in [2.45, 2.75) is 33.4 Å². The summed E-state index contributed by atoms with van der Waals surface area (Å²) in [5.41, 5.74) is 1.00. The van der Waals surface area contributed by atoms with Gasteiger partial charge in [0.1, 0.15) is 5.75 Å². The van der Waals surface area contributed by atoms with Crippen LogP contribution in [0.3, 0.4) is 0 Å². The van der Waals surface area contributed by atoms with Gasteiger partial charge in [-0.2, -0.15) is 0 Å². The smallest absolute Gasteiger partial charge is 0.191 e. The highest BCUT2D eigenvalue weighted by molar-refractivity contribution is 14.0. The monoisotopic (exact) mass is 455 g/mol. The van der Waals surface area contributed by atoms with E-state index in [1.54, 1.807) is 7.11 Å². The molecule has 0 saturated heterocycles. The summed E-state index contributed by atoms with van der Waals surface area (Å²) in [7, 11) is 1.68. The molecule has 2 N–H and O–H groups in total. The quantitative estimate of drug-likeness (QED) is 0.358. The molecule has 0 amide bonds. The van der Waals surface area contributed by atoms with E-state index in [1.807, 2.05) is 39.0 Å². The Morgan fingerprint density at radius 2 is 2.09 bits per heavy atom. The number of benzene rings is 1. The van der Waals surface area contributed by atoms with Crippen LogP contribution in [0.15, 0.2) is 23.2 Å². The summed E-state index contributed by atoms with van der Waals surface area (Å²) in [6.07, 6.45) is 0. The Bertz CT molecular complexity index is 486. The number of nitrogens with zero attached hydrogens (tertiary/aromatic N) is 1. The van der Waals surface area contributed by atoms with Gasteiger partial charge in [0.05, 0.1) is 19.8 Å². The molecule has 1 unspecified atom stereocenters. The minimum atomic E-state index is 0. The third kappa shape index (κ3) is 8.62. The number of guanidine groups is 1. The Balaban J connectivity index is 0.00000484. The zero-order valence-corrected chi connectivity index (χ0v) is 17.3. The van der Waals surface area contributed by atoms with Gasteiger partial charge in [0.25, 0.3) is 0 Å². The van der Waals surface area contributed by atoms with Gasteiger partial charge in [-0.1, -0.05) is 17.7 Å². The molecule has 23 heavy (non-hydrogen) atoms. The maximum Gasteiger partial charge on any atom is 0.191 e. The van der Waals surface area contributed by atoms with Crippen LogP contribution in [0.4, 0.5) is 0 Å². The maximum atomic E-state index is 6.01. The number of hydrogen-bond donors (Lipinski definition) is 2. The Morgan fingerprint density at radius 1 is 1.35 bits per heavy atom. The number of hydrogen-bond acceptors (Lipinski definition) is 3. The predicted octanol–water partition coefficient (Wildman–Crippen LogP) is 3.45. The highest BCUT2D eigenvalue weighted by Crippen LogP contribution is 2.24. The molecule has 0 aromatic heterocycles. The van der Waals surface area contributed by atoms with E-state index in [9.17, 15) is 0 Å². The Labute approximate surface area is 161 Å². The Kier molecular flexibility index (Phi) is 12.3. The first-order valence-corrected chi connectivity index (χ1v) is 7.93. The standard InChI is InChI=1S/C16H26ClN3O2.HI/c1-5-18-16(20-12(3)11-21-4)19-10-13-7-8-14(17)9-15(13)22-6-2;/h7-9,12H,5-6,10-11H2,1-4H3,(H2,18,19,20);1H. The SMILES string of the molecule is CCNC(=NCc1ccc(Cl)cc1OCC)NC(C)COC.I. The van der Waals surface area contributed by atoms with Crippen LogP contribution in [0.2, 0.25) is 5.02 Å². The number of aliphatic imine (C=N–C) groups is 1. The van der Waals surface area contributed by atoms with Crippen LogP contribution in [0, 0.1) is 0 Å². The summed E-state index contributed by atoms with van der Waals surface area (Å²) in [5, 5.41) is 7.18. The second-order valence-electron chi connectivity index (χ2n) is 4.88. The van der Waals surface area contributed by atoms with E-state index >= 15 is 0 Å². The van der Waals surface area contributed by atoms with Crippen LogP contribution in [-0.2, 0) is 11.3 Å². The van der Waals surface area contributed by atoms with Gasteiger partial charge in [0.15, 0.2) is 5.96 Å². The lowest BCUT2D eigenvalue weighted by Gasteiger charge is -2.17. The summed E-state index contributed by atoms with van der Waals surface area (Å²) in [6.45, 7) is 8.56. The van der Waals surface area contributed by atoms with Gasteiger partial charge < -0.3 is 20.1 Å². The van der Waals surface area contributed by atoms with Crippen molar-refractivity contribution in [2.24, 2.45) is 4.99 Å². The van der Waals surface area contributed by atoms with Crippen molar-refractivity contribution in [1.29, 1.82) is 0 Å². The zero-order chi connectivity index (χ0) is 16.4. The van der Waals surface area contributed by atoms with Gasteiger partial charge in [-0.25, -0.2) is 4.99 Å². The molecule has 7 heteroatoms. The lowest BCUT2D eigenvalue weighted by molar-refractivity contribution is 0.179. The van der Waals surface area contributed by atoms with Crippen molar-refractivity contribution in [1.82, 2.24) is 10.6 Å². The minimum absolute atomic E-state index is 0. The van der Waals surface area contributed by atoms with Crippen molar-refractivity contribution in [3.05, 3.63) is 28.8 Å². The number of nitrogens with one attached hydrogen (secondary N) is 2. The average molecular weight is 456 g/mol. The predicted molar refractivity (Wildman–Crippen MR) is 107 cm³/mol. The van der Waals surface area contributed by atoms with Crippen molar-refractivity contribution in [3.63, 3.8) is 0 Å². The van der Waals surface area contributed by atoms with Gasteiger partial charge in [0.2, 0.25) is 0 Å². The molecule has 0 spiro atoms. The molecule has 0 aliphatic carbocycles. The largest absolute Gasteiger partial charge is 0.493 e. The molecule has 0 aliphatic rings. The molecule has 0 radical (unpaired) electrons. The highest BCUT2D eigenvalue weighted by Gasteiger charge is 2.07. The zero-order valence-electron chi connectivity index (χ0n) is 14.2. The summed E-state index contributed by atoms with van der Waals surface area (Å²) < 4.78 is 10.7. The molecule has 1 rings (SSSR count). The van der Waals surface area contributed by atoms with E-state index in [2.05, 4.69) is 15.6 Å². The average Bonchev–Trinajstić information content (AvgIpc) is 2.47. The fraction of sp³-hybridized carbons (Fsp3) is 0.562. The Morgan fingerprint density at radius 3 is 2.70 bits per heavy atom. The van der Waals surface area contributed by atoms with E-state index in [0.717, 1.165) is 23.8 Å². The van der Waals surface area contributed by atoms with Crippen molar-refractivity contribution in [3.8, 4) is 5.75 Å². The van der Waals surface area contributed by atoms with Gasteiger partial charge in [-0.15, -0.1) is 24.0 Å². The topological polar surface area (TPSA) is 54.9 Å². The van der Waals surface area contributed by atoms with E-state index < -0.39 is 0 Å². The maximum absolute atomic E-state index is 6.01. The Hall–Kier alpha value is -0.730. The van der Waals surface area contributed by atoms with Crippen LogP contribution in [0.5, 0.6) is 5.75 Å². The highest BCUT2D eigenvalue weighted by atomic mass is 127. The number of methoxy groups -OCH3 is 1. The fourth-order valence-corrected chi connectivity index (χ4v) is 2.12. The molecule has 1 aromatic rings. The number of ether oxygens (including phenoxy) is 2. The molecule has 0 fully saturated rings. The second kappa shape index (κ2) is 12.7. The van der Waals surface area contributed by atoms with Gasteiger partial charge in [-0.05, 0) is 32.9 Å². The number of halogens is 2. The van der Waals surface area contributed by atoms with Crippen molar-refractivity contribution in [2.75, 3.05) is 26.9 Å². The molecule has 0 saturated carbocycles. The van der Waals surface area contributed by atoms with Crippen LogP contribution in [-0.4, -0.2) is 38.9 Å². The summed E-state index contributed by atoms with van der Waals surface area (Å²) in [6, 6.07) is 5.80. The summed E-state index contributed by atoms with van der Waals surface area (Å²) in [4.78, 5) is 4.59. The van der Waals surface area contributed by atoms with Crippen molar-refractivity contribution >= 4 is 41.5 Å². The molecular formula is C16H27ClIN3O2. The first kappa shape index (κ1) is 22.3. The van der Waals surface area contributed by atoms with E-state index in [4.69, 9.17) is 21.1 Å². The van der Waals surface area contributed by atoms with Gasteiger partial charge >= 0.3 is 0 Å². The van der Waals surface area contributed by atoms with E-state index in [-0.39, 0.29) is 30.0 Å². The molecular weight excluding hydrogens is 429 g/mol. The summed E-state index contributed by atoms with van der Waals surface area (Å²) >= 11 is 6.01. The van der Waals surface area contributed by atoms with Crippen LogP contribution >= 0.6 is 35.6 Å². The van der Waals surface area contributed by atoms with Gasteiger partial charge in [-0.3, -0.25) is 0 Å². The molecule has 5 nitrogen and oxygen atoms in total. The second-order valence-corrected chi connectivity index (χ2v) is 5.32. The first-order chi connectivity index (χ1) is 10.6. The molecule has 1 aromatic carbocycles. The molecule has 1 atom stereocenters. The normalized spacial score (nSPS) is 12.3. The molecule has 132 valence electrons. The lowest BCUT2D eigenvalue weighted by atomic mass is 10.2.